The number of hydrogen-bond acceptors (Lipinski definition) is 3. The maximum absolute atomic E-state index is 10.3. The Morgan fingerprint density at radius 1 is 1.80 bits per heavy atom. The summed E-state index contributed by atoms with van der Waals surface area (Å²) in [5.41, 5.74) is 0. The van der Waals surface area contributed by atoms with Gasteiger partial charge in [-0.3, -0.25) is 4.79 Å². The molecule has 4 heteroatoms. The molecule has 1 rings (SSSR count). The second kappa shape index (κ2) is 2.67. The maximum Gasteiger partial charge on any atom is 0.320 e. The number of nitriles is 1. The summed E-state index contributed by atoms with van der Waals surface area (Å²) in [6.07, 6.45) is 0.436. The molecule has 0 aromatic heterocycles. The first-order valence-corrected chi connectivity index (χ1v) is 3.10. The van der Waals surface area contributed by atoms with Gasteiger partial charge >= 0.3 is 5.97 Å². The number of carboxylic acid groups (broad SMARTS) is 1. The van der Waals surface area contributed by atoms with Crippen LogP contribution in [0.3, 0.4) is 0 Å². The smallest absolute Gasteiger partial charge is 0.320 e. The first-order valence-electron chi connectivity index (χ1n) is 3.10. The van der Waals surface area contributed by atoms with E-state index >= 15 is 0 Å². The van der Waals surface area contributed by atoms with Crippen molar-refractivity contribution >= 4 is 5.97 Å². The molecule has 10 heavy (non-hydrogen) atoms. The van der Waals surface area contributed by atoms with Crippen LogP contribution in [0.1, 0.15) is 6.42 Å². The third-order valence-electron chi connectivity index (χ3n) is 1.61. The summed E-state index contributed by atoms with van der Waals surface area (Å²) in [5.74, 6) is -0.987. The molecule has 1 fully saturated rings. The molecule has 1 saturated heterocycles. The van der Waals surface area contributed by atoms with Crippen LogP contribution in [0, 0.1) is 17.2 Å². The van der Waals surface area contributed by atoms with Gasteiger partial charge in [-0.2, -0.15) is 5.26 Å². The van der Waals surface area contributed by atoms with E-state index in [1.54, 1.807) is 0 Å². The molecule has 0 bridgehead atoms. The monoisotopic (exact) mass is 140 g/mol. The van der Waals surface area contributed by atoms with Crippen molar-refractivity contribution in [1.29, 1.82) is 5.26 Å². The van der Waals surface area contributed by atoms with E-state index in [1.807, 2.05) is 6.07 Å². The molecule has 0 spiro atoms. The van der Waals surface area contributed by atoms with Crippen LogP contribution < -0.4 is 5.32 Å². The fourth-order valence-electron chi connectivity index (χ4n) is 1.02. The Kier molecular flexibility index (Phi) is 1.88. The van der Waals surface area contributed by atoms with E-state index in [4.69, 9.17) is 10.4 Å². The van der Waals surface area contributed by atoms with Gasteiger partial charge in [-0.15, -0.1) is 0 Å². The average molecular weight is 140 g/mol. The summed E-state index contributed by atoms with van der Waals surface area (Å²) < 4.78 is 0. The third kappa shape index (κ3) is 1.25. The molecule has 1 aliphatic rings. The number of carbonyl (C=O) groups is 1. The van der Waals surface area contributed by atoms with Crippen molar-refractivity contribution in [1.82, 2.24) is 5.32 Å². The minimum absolute atomic E-state index is 0.124. The normalized spacial score (nSPS) is 31.5. The number of rotatable bonds is 1. The topological polar surface area (TPSA) is 73.1 Å². The lowest BCUT2D eigenvalue weighted by Gasteiger charge is -1.99. The predicted octanol–water partition coefficient (Wildman–Crippen LogP) is -0.427. The number of carboxylic acids is 1. The van der Waals surface area contributed by atoms with Crippen LogP contribution in [-0.2, 0) is 4.79 Å². The fourth-order valence-corrected chi connectivity index (χ4v) is 1.02. The molecule has 4 nitrogen and oxygen atoms in total. The quantitative estimate of drug-likeness (QED) is 0.518. The summed E-state index contributed by atoms with van der Waals surface area (Å²) in [4.78, 5) is 10.3. The number of aliphatic carboxylic acids is 1. The molecule has 0 amide bonds. The Balaban J connectivity index is 2.45. The van der Waals surface area contributed by atoms with Crippen molar-refractivity contribution in [2.75, 3.05) is 6.54 Å². The number of nitrogens with one attached hydrogen (secondary N) is 1. The zero-order valence-corrected chi connectivity index (χ0v) is 5.37. The number of nitrogens with zero attached hydrogens (tertiary/aromatic N) is 1. The van der Waals surface area contributed by atoms with Crippen LogP contribution in [0.15, 0.2) is 0 Å². The predicted molar refractivity (Wildman–Crippen MR) is 33.1 cm³/mol. The Hall–Kier alpha value is -1.08. The Bertz CT molecular complexity index is 185. The highest BCUT2D eigenvalue weighted by atomic mass is 16.4. The van der Waals surface area contributed by atoms with E-state index in [2.05, 4.69) is 5.32 Å². The van der Waals surface area contributed by atoms with E-state index < -0.39 is 12.0 Å². The van der Waals surface area contributed by atoms with Crippen LogP contribution in [0.2, 0.25) is 0 Å². The molecule has 0 radical (unpaired) electrons. The molecule has 2 N–H and O–H groups in total. The Morgan fingerprint density at radius 3 is 2.80 bits per heavy atom. The van der Waals surface area contributed by atoms with Crippen LogP contribution in [0.25, 0.3) is 0 Å². The van der Waals surface area contributed by atoms with Crippen LogP contribution in [-0.4, -0.2) is 23.7 Å². The molecule has 0 aromatic rings. The summed E-state index contributed by atoms with van der Waals surface area (Å²) in [7, 11) is 0. The lowest BCUT2D eigenvalue weighted by atomic mass is 10.1. The largest absolute Gasteiger partial charge is 0.480 e. The molecule has 2 atom stereocenters. The van der Waals surface area contributed by atoms with E-state index in [9.17, 15) is 4.79 Å². The van der Waals surface area contributed by atoms with Crippen molar-refractivity contribution in [3.63, 3.8) is 0 Å². The van der Waals surface area contributed by atoms with Gasteiger partial charge < -0.3 is 10.4 Å². The van der Waals surface area contributed by atoms with Crippen LogP contribution in [0.4, 0.5) is 0 Å². The van der Waals surface area contributed by atoms with Crippen LogP contribution >= 0.6 is 0 Å². The summed E-state index contributed by atoms with van der Waals surface area (Å²) in [5, 5.41) is 19.6. The molecular formula is C6H8N2O2. The van der Waals surface area contributed by atoms with Crippen LogP contribution in [0.5, 0.6) is 0 Å². The van der Waals surface area contributed by atoms with Crippen molar-refractivity contribution in [2.24, 2.45) is 5.92 Å². The fraction of sp³-hybridized carbons (Fsp3) is 0.667. The van der Waals surface area contributed by atoms with Gasteiger partial charge in [-0.05, 0) is 6.42 Å². The lowest BCUT2D eigenvalue weighted by Crippen LogP contribution is -2.29. The molecule has 1 heterocycles. The molecule has 0 saturated carbocycles. The molecular weight excluding hydrogens is 132 g/mol. The molecule has 54 valence electrons. The van der Waals surface area contributed by atoms with Gasteiger partial charge in [0.25, 0.3) is 0 Å². The minimum atomic E-state index is -0.863. The minimum Gasteiger partial charge on any atom is -0.480 e. The highest BCUT2D eigenvalue weighted by Crippen LogP contribution is 2.12. The summed E-state index contributed by atoms with van der Waals surface area (Å²) >= 11 is 0. The van der Waals surface area contributed by atoms with E-state index in [-0.39, 0.29) is 5.92 Å². The first kappa shape index (κ1) is 7.03. The maximum atomic E-state index is 10.3. The van der Waals surface area contributed by atoms with Gasteiger partial charge in [0.05, 0.1) is 12.0 Å². The van der Waals surface area contributed by atoms with E-state index in [1.165, 1.54) is 0 Å². The van der Waals surface area contributed by atoms with Gasteiger partial charge in [0, 0.05) is 6.54 Å². The molecule has 1 aliphatic heterocycles. The molecule has 0 aromatic carbocycles. The van der Waals surface area contributed by atoms with E-state index in [0.29, 0.717) is 13.0 Å². The third-order valence-corrected chi connectivity index (χ3v) is 1.61. The van der Waals surface area contributed by atoms with Crippen molar-refractivity contribution in [3.8, 4) is 6.07 Å². The van der Waals surface area contributed by atoms with Gasteiger partial charge in [-0.25, -0.2) is 0 Å². The summed E-state index contributed by atoms with van der Waals surface area (Å²) in [6.45, 7) is 0.507. The van der Waals surface area contributed by atoms with Crippen molar-refractivity contribution < 1.29 is 9.90 Å². The Labute approximate surface area is 58.5 Å². The molecule has 0 unspecified atom stereocenters. The lowest BCUT2D eigenvalue weighted by molar-refractivity contribution is -0.139. The van der Waals surface area contributed by atoms with Gasteiger partial charge in [0.15, 0.2) is 0 Å². The SMILES string of the molecule is N#C[C@H]1CN[C@@H](C(=O)O)C1. The van der Waals surface area contributed by atoms with Gasteiger partial charge in [-0.1, -0.05) is 0 Å². The van der Waals surface area contributed by atoms with Gasteiger partial charge in [0.2, 0.25) is 0 Å². The van der Waals surface area contributed by atoms with Crippen molar-refractivity contribution in [2.45, 2.75) is 12.5 Å². The average Bonchev–Trinajstić information content (AvgIpc) is 2.34. The zero-order valence-electron chi connectivity index (χ0n) is 5.37. The molecule has 0 aliphatic carbocycles. The second-order valence-electron chi connectivity index (χ2n) is 2.36. The highest BCUT2D eigenvalue weighted by Gasteiger charge is 2.28. The zero-order chi connectivity index (χ0) is 7.56. The Morgan fingerprint density at radius 2 is 2.50 bits per heavy atom. The van der Waals surface area contributed by atoms with Gasteiger partial charge in [0.1, 0.15) is 6.04 Å². The summed E-state index contributed by atoms with van der Waals surface area (Å²) in [6, 6.07) is 1.51. The second-order valence-corrected chi connectivity index (χ2v) is 2.36. The number of hydrogen-bond donors (Lipinski definition) is 2. The first-order chi connectivity index (χ1) is 4.74. The van der Waals surface area contributed by atoms with E-state index in [0.717, 1.165) is 0 Å². The highest BCUT2D eigenvalue weighted by molar-refractivity contribution is 5.73. The standard InChI is InChI=1S/C6H8N2O2/c7-2-4-1-5(6(9)10)8-3-4/h4-5,8H,1,3H2,(H,9,10)/t4-,5+/m0/s1. The van der Waals surface area contributed by atoms with Crippen molar-refractivity contribution in [3.05, 3.63) is 0 Å².